The van der Waals surface area contributed by atoms with Crippen LogP contribution in [0.4, 0.5) is 0 Å². The maximum absolute atomic E-state index is 11.8. The molecule has 0 bridgehead atoms. The topological polar surface area (TPSA) is 112 Å². The van der Waals surface area contributed by atoms with Gasteiger partial charge in [-0.1, -0.05) is 100 Å². The van der Waals surface area contributed by atoms with Crippen LogP contribution in [0.2, 0.25) is 0 Å². The molecule has 0 heterocycles. The lowest BCUT2D eigenvalue weighted by molar-refractivity contribution is -0.140. The maximum atomic E-state index is 11.8. The van der Waals surface area contributed by atoms with Crippen molar-refractivity contribution in [2.75, 3.05) is 26.4 Å². The summed E-state index contributed by atoms with van der Waals surface area (Å²) in [4.78, 5) is 23.4. The fourth-order valence-electron chi connectivity index (χ4n) is 5.18. The summed E-state index contributed by atoms with van der Waals surface area (Å²) >= 11 is 0. The summed E-state index contributed by atoms with van der Waals surface area (Å²) in [6, 6.07) is 29.6. The zero-order valence-corrected chi connectivity index (χ0v) is 28.7. The van der Waals surface area contributed by atoms with Gasteiger partial charge in [-0.15, -0.1) is 0 Å². The van der Waals surface area contributed by atoms with Crippen LogP contribution < -0.4 is 14.2 Å². The molecule has 8 nitrogen and oxygen atoms in total. The molecule has 0 aliphatic heterocycles. The Bertz CT molecular complexity index is 1710. The lowest BCUT2D eigenvalue weighted by Gasteiger charge is -2.14. The van der Waals surface area contributed by atoms with Gasteiger partial charge in [0.25, 0.3) is 0 Å². The Morgan fingerprint density at radius 1 is 0.620 bits per heavy atom. The van der Waals surface area contributed by atoms with Crippen LogP contribution in [-0.2, 0) is 27.4 Å². The van der Waals surface area contributed by atoms with E-state index >= 15 is 0 Å². The number of aliphatic hydroxyl groups excluding tert-OH is 2. The summed E-state index contributed by atoms with van der Waals surface area (Å²) in [5, 5.41) is 18.0. The van der Waals surface area contributed by atoms with Gasteiger partial charge in [0.2, 0.25) is 0 Å². The van der Waals surface area contributed by atoms with Crippen LogP contribution in [0.25, 0.3) is 22.3 Å². The van der Waals surface area contributed by atoms with Crippen LogP contribution in [0, 0.1) is 0 Å². The first-order chi connectivity index (χ1) is 24.3. The maximum Gasteiger partial charge on any atom is 0.341 e. The number of carbonyl (C=O) groups excluding carboxylic acids is 2. The van der Waals surface area contributed by atoms with Crippen molar-refractivity contribution in [2.24, 2.45) is 0 Å². The summed E-state index contributed by atoms with van der Waals surface area (Å²) in [7, 11) is 0. The van der Waals surface area contributed by atoms with E-state index in [1.807, 2.05) is 48.5 Å². The Labute approximate surface area is 294 Å². The quantitative estimate of drug-likeness (QED) is 0.0418. The Balaban J connectivity index is 1.39. The van der Waals surface area contributed by atoms with E-state index in [0.717, 1.165) is 40.8 Å². The molecule has 0 unspecified atom stereocenters. The molecule has 0 aliphatic carbocycles. The van der Waals surface area contributed by atoms with Gasteiger partial charge in [0.05, 0.1) is 24.4 Å². The van der Waals surface area contributed by atoms with Crippen molar-refractivity contribution in [3.8, 4) is 39.5 Å². The number of hydrogen-bond donors (Lipinski definition) is 2. The van der Waals surface area contributed by atoms with Crippen LogP contribution >= 0.6 is 0 Å². The van der Waals surface area contributed by atoms with Gasteiger partial charge in [0.1, 0.15) is 37.1 Å². The van der Waals surface area contributed by atoms with Crippen molar-refractivity contribution in [3.63, 3.8) is 0 Å². The number of rotatable bonds is 20. The number of ether oxygens (including phenoxy) is 4. The van der Waals surface area contributed by atoms with Gasteiger partial charge >= 0.3 is 11.9 Å². The number of hydrogen-bond acceptors (Lipinski definition) is 8. The van der Waals surface area contributed by atoms with Crippen LogP contribution in [-0.4, -0.2) is 48.6 Å². The summed E-state index contributed by atoms with van der Waals surface area (Å²) in [6.45, 7) is 8.88. The smallest absolute Gasteiger partial charge is 0.341 e. The van der Waals surface area contributed by atoms with E-state index in [0.29, 0.717) is 18.1 Å². The molecule has 4 rings (SSSR count). The number of carbonyl (C=O) groups is 2. The van der Waals surface area contributed by atoms with Gasteiger partial charge in [0, 0.05) is 0 Å². The lowest BCUT2D eigenvalue weighted by atomic mass is 9.92. The van der Waals surface area contributed by atoms with Crippen molar-refractivity contribution in [1.29, 1.82) is 0 Å². The molecule has 0 saturated carbocycles. The molecule has 0 atom stereocenters. The van der Waals surface area contributed by atoms with E-state index in [2.05, 4.69) is 50.4 Å². The number of aryl methyl sites for hydroxylation is 1. The molecular formula is C42H46O8. The van der Waals surface area contributed by atoms with Gasteiger partial charge < -0.3 is 29.2 Å². The van der Waals surface area contributed by atoms with E-state index in [4.69, 9.17) is 29.2 Å². The first kappa shape index (κ1) is 37.6. The van der Waals surface area contributed by atoms with Crippen molar-refractivity contribution < 1.29 is 38.7 Å². The van der Waals surface area contributed by atoms with Crippen molar-refractivity contribution in [3.05, 3.63) is 126 Å². The number of benzene rings is 4. The first-order valence-corrected chi connectivity index (χ1v) is 17.0. The molecule has 2 N–H and O–H groups in total. The second-order valence-corrected chi connectivity index (χ2v) is 11.9. The van der Waals surface area contributed by atoms with Crippen molar-refractivity contribution in [1.82, 2.24) is 0 Å². The lowest BCUT2D eigenvalue weighted by Crippen LogP contribution is -2.14. The number of esters is 2. The fraction of sp³-hybridized carbons (Fsp3) is 0.286. The Hall–Kier alpha value is -5.18. The minimum atomic E-state index is -0.659. The third-order valence-corrected chi connectivity index (χ3v) is 8.09. The molecule has 50 heavy (non-hydrogen) atoms. The highest BCUT2D eigenvalue weighted by Gasteiger charge is 2.11. The molecule has 0 aliphatic rings. The molecule has 0 fully saturated rings. The Morgan fingerprint density at radius 2 is 1.20 bits per heavy atom. The van der Waals surface area contributed by atoms with Crippen LogP contribution in [0.1, 0.15) is 50.2 Å². The van der Waals surface area contributed by atoms with E-state index in [1.54, 1.807) is 12.1 Å². The Kier molecular flexibility index (Phi) is 14.8. The minimum Gasteiger partial charge on any atom is -0.490 e. The molecule has 0 saturated heterocycles. The molecule has 4 aromatic rings. The van der Waals surface area contributed by atoms with Gasteiger partial charge in [-0.25, -0.2) is 9.59 Å². The van der Waals surface area contributed by atoms with E-state index in [1.165, 1.54) is 36.8 Å². The van der Waals surface area contributed by atoms with E-state index in [-0.39, 0.29) is 24.4 Å². The van der Waals surface area contributed by atoms with Crippen molar-refractivity contribution >= 4 is 11.9 Å². The van der Waals surface area contributed by atoms with Gasteiger partial charge in [-0.05, 0) is 82.6 Å². The molecule has 4 aromatic carbocycles. The zero-order chi connectivity index (χ0) is 35.7. The fourth-order valence-corrected chi connectivity index (χ4v) is 5.18. The summed E-state index contributed by atoms with van der Waals surface area (Å²) in [5.74, 6) is 0.500. The van der Waals surface area contributed by atoms with E-state index in [9.17, 15) is 9.59 Å². The molecule has 0 radical (unpaired) electrons. The first-order valence-electron chi connectivity index (χ1n) is 17.0. The molecular weight excluding hydrogens is 632 g/mol. The third kappa shape index (κ3) is 11.5. The van der Waals surface area contributed by atoms with E-state index < -0.39 is 25.2 Å². The average molecular weight is 679 g/mol. The molecule has 8 heteroatoms. The van der Waals surface area contributed by atoms with Crippen LogP contribution in [0.15, 0.2) is 115 Å². The minimum absolute atomic E-state index is 0.00392. The largest absolute Gasteiger partial charge is 0.490 e. The predicted octanol–water partition coefficient (Wildman–Crippen LogP) is 8.04. The van der Waals surface area contributed by atoms with Gasteiger partial charge in [0.15, 0.2) is 0 Å². The van der Waals surface area contributed by atoms with Crippen LogP contribution in [0.3, 0.4) is 0 Å². The highest BCUT2D eigenvalue weighted by Crippen LogP contribution is 2.32. The number of aliphatic hydroxyl groups is 2. The van der Waals surface area contributed by atoms with Gasteiger partial charge in [-0.2, -0.15) is 0 Å². The Morgan fingerprint density at radius 3 is 1.86 bits per heavy atom. The zero-order valence-electron chi connectivity index (χ0n) is 28.7. The monoisotopic (exact) mass is 678 g/mol. The molecule has 0 aromatic heterocycles. The second kappa shape index (κ2) is 19.7. The summed E-state index contributed by atoms with van der Waals surface area (Å²) < 4.78 is 22.0. The average Bonchev–Trinajstić information content (AvgIpc) is 3.15. The standard InChI is InChI=1S/C42H46O8/c1-4-5-6-7-8-9-36-26-35(16-23-40(36)34-14-21-37(22-15-34)47-24-25-48-41(45)30(2)27-43)33-12-19-38(20-13-33)49-29-32-10-17-39(18-11-32)50-42(46)31(3)28-44/h10-23,26,43-44H,2-9,24-25,27-29H2,1H3. The third-order valence-electron chi connectivity index (χ3n) is 8.09. The second-order valence-electron chi connectivity index (χ2n) is 11.9. The molecule has 0 spiro atoms. The summed E-state index contributed by atoms with van der Waals surface area (Å²) in [6.07, 6.45) is 6.99. The number of unbranched alkanes of at least 4 members (excludes halogenated alkanes) is 4. The molecule has 0 amide bonds. The molecule has 262 valence electrons. The van der Waals surface area contributed by atoms with Crippen LogP contribution in [0.5, 0.6) is 17.2 Å². The highest BCUT2D eigenvalue weighted by atomic mass is 16.6. The van der Waals surface area contributed by atoms with Crippen molar-refractivity contribution in [2.45, 2.75) is 52.1 Å². The predicted molar refractivity (Wildman–Crippen MR) is 195 cm³/mol. The highest BCUT2D eigenvalue weighted by molar-refractivity contribution is 5.89. The SMILES string of the molecule is C=C(CO)C(=O)OCCOc1ccc(-c2ccc(-c3ccc(OCc4ccc(OC(=O)C(=C)CO)cc4)cc3)cc2CCCCCCC)cc1. The van der Waals surface area contributed by atoms with Gasteiger partial charge in [-0.3, -0.25) is 0 Å². The summed E-state index contributed by atoms with van der Waals surface area (Å²) in [5.41, 5.74) is 6.73. The normalized spacial score (nSPS) is 10.7.